The molecule has 4 nitrogen and oxygen atoms in total. The number of likely N-dealkylation sites (tertiary alicyclic amines) is 1. The first-order chi connectivity index (χ1) is 10.7. The molecule has 0 atom stereocenters. The number of amides is 1. The molecule has 0 spiro atoms. The molecular weight excluding hydrogens is 274 g/mol. The van der Waals surface area contributed by atoms with Crippen LogP contribution in [0.25, 0.3) is 0 Å². The summed E-state index contributed by atoms with van der Waals surface area (Å²) in [6, 6.07) is 9.99. The van der Waals surface area contributed by atoms with Gasteiger partial charge in [-0.1, -0.05) is 13.0 Å². The Balaban J connectivity index is 1.76. The molecule has 4 heteroatoms. The Bertz CT molecular complexity index is 580. The molecule has 3 rings (SSSR count). The van der Waals surface area contributed by atoms with E-state index in [2.05, 4.69) is 22.8 Å². The van der Waals surface area contributed by atoms with Crippen LogP contribution < -0.4 is 0 Å². The zero-order chi connectivity index (χ0) is 15.5. The molecule has 1 aromatic carbocycles. The average Bonchev–Trinajstić information content (AvgIpc) is 3.40. The maximum Gasteiger partial charge on any atom is 0.254 e. The molecule has 1 aliphatic heterocycles. The quantitative estimate of drug-likeness (QED) is 0.858. The summed E-state index contributed by atoms with van der Waals surface area (Å²) in [6.07, 6.45) is 4.37. The first-order valence-electron chi connectivity index (χ1n) is 8.28. The van der Waals surface area contributed by atoms with Crippen molar-refractivity contribution in [1.29, 1.82) is 5.26 Å². The fraction of sp³-hybridized carbons (Fsp3) is 0.556. The van der Waals surface area contributed by atoms with E-state index in [0.29, 0.717) is 23.2 Å². The molecular formula is C18H23N3O. The van der Waals surface area contributed by atoms with Crippen LogP contribution in [0.1, 0.15) is 48.5 Å². The first-order valence-corrected chi connectivity index (χ1v) is 8.28. The number of hydrogen-bond donors (Lipinski definition) is 0. The van der Waals surface area contributed by atoms with Gasteiger partial charge in [0.15, 0.2) is 0 Å². The van der Waals surface area contributed by atoms with Gasteiger partial charge < -0.3 is 9.80 Å². The van der Waals surface area contributed by atoms with Crippen LogP contribution >= 0.6 is 0 Å². The fourth-order valence-corrected chi connectivity index (χ4v) is 3.37. The minimum absolute atomic E-state index is 0.106. The lowest BCUT2D eigenvalue weighted by Gasteiger charge is -2.38. The maximum atomic E-state index is 12.9. The van der Waals surface area contributed by atoms with Crippen molar-refractivity contribution >= 4 is 5.91 Å². The number of rotatable bonds is 4. The molecule has 0 bridgehead atoms. The van der Waals surface area contributed by atoms with Crippen molar-refractivity contribution in [2.24, 2.45) is 0 Å². The highest BCUT2D eigenvalue weighted by Gasteiger charge is 2.38. The summed E-state index contributed by atoms with van der Waals surface area (Å²) < 4.78 is 0. The number of carbonyl (C=O) groups is 1. The van der Waals surface area contributed by atoms with Crippen LogP contribution in [0.15, 0.2) is 24.3 Å². The van der Waals surface area contributed by atoms with Crippen molar-refractivity contribution in [3.63, 3.8) is 0 Å². The van der Waals surface area contributed by atoms with Crippen LogP contribution in [0.3, 0.4) is 0 Å². The second-order valence-electron chi connectivity index (χ2n) is 6.30. The van der Waals surface area contributed by atoms with Crippen molar-refractivity contribution in [3.05, 3.63) is 35.4 Å². The maximum absolute atomic E-state index is 12.9. The van der Waals surface area contributed by atoms with Crippen molar-refractivity contribution in [1.82, 2.24) is 9.80 Å². The summed E-state index contributed by atoms with van der Waals surface area (Å²) in [4.78, 5) is 17.5. The zero-order valence-electron chi connectivity index (χ0n) is 13.2. The molecule has 0 N–H and O–H groups in total. The van der Waals surface area contributed by atoms with Crippen LogP contribution in [-0.4, -0.2) is 47.4 Å². The fourth-order valence-electron chi connectivity index (χ4n) is 3.37. The van der Waals surface area contributed by atoms with E-state index in [1.54, 1.807) is 18.2 Å². The Morgan fingerprint density at radius 2 is 1.95 bits per heavy atom. The molecule has 1 saturated carbocycles. The van der Waals surface area contributed by atoms with Crippen LogP contribution in [0.2, 0.25) is 0 Å². The molecule has 0 aromatic heterocycles. The molecule has 1 amide bonds. The van der Waals surface area contributed by atoms with Gasteiger partial charge in [0.2, 0.25) is 0 Å². The van der Waals surface area contributed by atoms with E-state index >= 15 is 0 Å². The minimum Gasteiger partial charge on any atom is -0.333 e. The molecule has 2 fully saturated rings. The highest BCUT2D eigenvalue weighted by Crippen LogP contribution is 2.33. The summed E-state index contributed by atoms with van der Waals surface area (Å²) >= 11 is 0. The van der Waals surface area contributed by atoms with Crippen molar-refractivity contribution < 1.29 is 4.79 Å². The topological polar surface area (TPSA) is 47.3 Å². The number of benzene rings is 1. The number of carbonyl (C=O) groups excluding carboxylic acids is 1. The molecule has 22 heavy (non-hydrogen) atoms. The van der Waals surface area contributed by atoms with E-state index in [0.717, 1.165) is 45.3 Å². The summed E-state index contributed by atoms with van der Waals surface area (Å²) in [5.41, 5.74) is 1.21. The summed E-state index contributed by atoms with van der Waals surface area (Å²) in [5.74, 6) is 0.106. The monoisotopic (exact) mass is 297 g/mol. The first kappa shape index (κ1) is 15.1. The highest BCUT2D eigenvalue weighted by atomic mass is 16.2. The van der Waals surface area contributed by atoms with Gasteiger partial charge in [-0.2, -0.15) is 5.26 Å². The van der Waals surface area contributed by atoms with Crippen LogP contribution in [0, 0.1) is 11.3 Å². The number of piperidine rings is 1. The minimum atomic E-state index is 0.106. The van der Waals surface area contributed by atoms with Crippen LogP contribution in [0.4, 0.5) is 0 Å². The molecule has 1 saturated heterocycles. The average molecular weight is 297 g/mol. The van der Waals surface area contributed by atoms with Crippen LogP contribution in [0.5, 0.6) is 0 Å². The van der Waals surface area contributed by atoms with E-state index < -0.39 is 0 Å². The molecule has 116 valence electrons. The number of nitriles is 1. The number of hydrogen-bond acceptors (Lipinski definition) is 3. The molecule has 1 aromatic rings. The second kappa shape index (κ2) is 6.50. The van der Waals surface area contributed by atoms with Crippen LogP contribution in [-0.2, 0) is 0 Å². The van der Waals surface area contributed by atoms with Gasteiger partial charge in [0.05, 0.1) is 11.6 Å². The van der Waals surface area contributed by atoms with Gasteiger partial charge in [0.1, 0.15) is 0 Å². The van der Waals surface area contributed by atoms with Crippen molar-refractivity contribution in [2.75, 3.05) is 19.6 Å². The number of nitrogens with zero attached hydrogens (tertiary/aromatic N) is 3. The second-order valence-corrected chi connectivity index (χ2v) is 6.30. The molecule has 0 unspecified atom stereocenters. The summed E-state index contributed by atoms with van der Waals surface area (Å²) in [5, 5.41) is 9.03. The largest absolute Gasteiger partial charge is 0.333 e. The van der Waals surface area contributed by atoms with Gasteiger partial charge in [-0.15, -0.1) is 0 Å². The predicted molar refractivity (Wildman–Crippen MR) is 85.5 cm³/mol. The van der Waals surface area contributed by atoms with E-state index in [-0.39, 0.29) is 5.91 Å². The third kappa shape index (κ3) is 3.15. The Labute approximate surface area is 132 Å². The molecule has 2 aliphatic rings. The lowest BCUT2D eigenvalue weighted by atomic mass is 10.0. The smallest absolute Gasteiger partial charge is 0.254 e. The molecule has 0 radical (unpaired) electrons. The molecule has 1 heterocycles. The van der Waals surface area contributed by atoms with Gasteiger partial charge in [0, 0.05) is 30.7 Å². The summed E-state index contributed by atoms with van der Waals surface area (Å²) in [7, 11) is 0. The third-order valence-corrected chi connectivity index (χ3v) is 4.81. The van der Waals surface area contributed by atoms with E-state index in [4.69, 9.17) is 5.26 Å². The van der Waals surface area contributed by atoms with Crippen molar-refractivity contribution in [2.45, 2.75) is 44.7 Å². The van der Waals surface area contributed by atoms with Gasteiger partial charge in [-0.3, -0.25) is 4.79 Å². The Morgan fingerprint density at radius 1 is 1.27 bits per heavy atom. The highest BCUT2D eigenvalue weighted by molar-refractivity contribution is 5.95. The normalized spacial score (nSPS) is 19.6. The van der Waals surface area contributed by atoms with Gasteiger partial charge >= 0.3 is 0 Å². The Hall–Kier alpha value is -1.86. The van der Waals surface area contributed by atoms with Gasteiger partial charge in [-0.05, 0) is 50.4 Å². The lowest BCUT2D eigenvalue weighted by Crippen LogP contribution is -2.48. The standard InChI is InChI=1S/C18H23N3O/c1-2-20-10-8-17(9-11-20)21(16-6-7-16)18(22)15-5-3-4-14(12-15)13-19/h3-5,12,16-17H,2,6-11H2,1H3. The Morgan fingerprint density at radius 3 is 2.55 bits per heavy atom. The third-order valence-electron chi connectivity index (χ3n) is 4.81. The molecule has 1 aliphatic carbocycles. The predicted octanol–water partition coefficient (Wildman–Crippen LogP) is 2.65. The van der Waals surface area contributed by atoms with Crippen molar-refractivity contribution in [3.8, 4) is 6.07 Å². The van der Waals surface area contributed by atoms with Gasteiger partial charge in [-0.25, -0.2) is 0 Å². The van der Waals surface area contributed by atoms with Gasteiger partial charge in [0.25, 0.3) is 5.91 Å². The van der Waals surface area contributed by atoms with E-state index in [1.807, 2.05) is 6.07 Å². The zero-order valence-corrected chi connectivity index (χ0v) is 13.2. The lowest BCUT2D eigenvalue weighted by molar-refractivity contribution is 0.0554. The SMILES string of the molecule is CCN1CCC(N(C(=O)c2cccc(C#N)c2)C2CC2)CC1. The summed E-state index contributed by atoms with van der Waals surface area (Å²) in [6.45, 7) is 5.44. The van der Waals surface area contributed by atoms with E-state index in [9.17, 15) is 4.79 Å². The van der Waals surface area contributed by atoms with E-state index in [1.165, 1.54) is 0 Å². The Kier molecular flexibility index (Phi) is 4.44.